The summed E-state index contributed by atoms with van der Waals surface area (Å²) in [5.41, 5.74) is 5.23. The molecular weight excluding hydrogens is 250 g/mol. The molecule has 1 saturated heterocycles. The van der Waals surface area contributed by atoms with Crippen molar-refractivity contribution in [3.63, 3.8) is 0 Å². The molecule has 0 saturated carbocycles. The van der Waals surface area contributed by atoms with Gasteiger partial charge in [0.05, 0.1) is 12.7 Å². The lowest BCUT2D eigenvalue weighted by Crippen LogP contribution is -2.51. The predicted octanol–water partition coefficient (Wildman–Crippen LogP) is 2.83. The van der Waals surface area contributed by atoms with Crippen LogP contribution in [0.15, 0.2) is 18.2 Å². The Balaban J connectivity index is 2.02. The fraction of sp³-hybridized carbons (Fsp3) is 0.562. The number of methoxy groups -OCH3 is 1. The molecule has 4 heteroatoms. The van der Waals surface area contributed by atoms with E-state index >= 15 is 0 Å². The lowest BCUT2D eigenvalue weighted by atomic mass is 10.00. The fourth-order valence-electron chi connectivity index (χ4n) is 2.85. The van der Waals surface area contributed by atoms with Crippen molar-refractivity contribution >= 4 is 0 Å². The molecule has 2 unspecified atom stereocenters. The van der Waals surface area contributed by atoms with E-state index in [1.54, 1.807) is 7.11 Å². The molecule has 1 aromatic carbocycles. The van der Waals surface area contributed by atoms with Crippen molar-refractivity contribution < 1.29 is 4.74 Å². The summed E-state index contributed by atoms with van der Waals surface area (Å²) in [6, 6.07) is 9.01. The van der Waals surface area contributed by atoms with Crippen molar-refractivity contribution in [3.05, 3.63) is 29.3 Å². The fourth-order valence-corrected chi connectivity index (χ4v) is 2.85. The van der Waals surface area contributed by atoms with Gasteiger partial charge < -0.3 is 4.74 Å². The van der Waals surface area contributed by atoms with Gasteiger partial charge in [0.25, 0.3) is 0 Å². The van der Waals surface area contributed by atoms with Crippen LogP contribution in [0.4, 0.5) is 0 Å². The summed E-state index contributed by atoms with van der Waals surface area (Å²) in [5, 5.41) is 11.3. The molecule has 1 fully saturated rings. The summed E-state index contributed by atoms with van der Waals surface area (Å²) in [7, 11) is 1.60. The number of ether oxygens (including phenoxy) is 1. The largest absolute Gasteiger partial charge is 0.495 e. The van der Waals surface area contributed by atoms with Crippen molar-refractivity contribution in [1.82, 2.24) is 10.4 Å². The lowest BCUT2D eigenvalue weighted by Gasteiger charge is -2.39. The SMILES string of the molecule is COc1cc(CNN2C(C)CCCC2C)ccc1C#N. The summed E-state index contributed by atoms with van der Waals surface area (Å²) in [6.07, 6.45) is 3.80. The first-order valence-electron chi connectivity index (χ1n) is 7.24. The van der Waals surface area contributed by atoms with E-state index in [0.29, 0.717) is 23.4 Å². The van der Waals surface area contributed by atoms with Gasteiger partial charge in [0.15, 0.2) is 0 Å². The van der Waals surface area contributed by atoms with Crippen LogP contribution in [0.5, 0.6) is 5.75 Å². The van der Waals surface area contributed by atoms with Gasteiger partial charge in [-0.3, -0.25) is 5.43 Å². The van der Waals surface area contributed by atoms with Crippen molar-refractivity contribution in [2.45, 2.75) is 51.7 Å². The Morgan fingerprint density at radius 3 is 2.65 bits per heavy atom. The topological polar surface area (TPSA) is 48.3 Å². The maximum absolute atomic E-state index is 8.99. The molecule has 1 N–H and O–H groups in total. The molecule has 2 rings (SSSR count). The first-order valence-corrected chi connectivity index (χ1v) is 7.24. The highest BCUT2D eigenvalue weighted by Crippen LogP contribution is 2.22. The van der Waals surface area contributed by atoms with E-state index in [9.17, 15) is 0 Å². The van der Waals surface area contributed by atoms with Gasteiger partial charge >= 0.3 is 0 Å². The zero-order valence-corrected chi connectivity index (χ0v) is 12.5. The quantitative estimate of drug-likeness (QED) is 0.916. The molecule has 1 aliphatic heterocycles. The molecule has 1 heterocycles. The van der Waals surface area contributed by atoms with E-state index in [1.807, 2.05) is 18.2 Å². The Morgan fingerprint density at radius 1 is 1.35 bits per heavy atom. The van der Waals surface area contributed by atoms with E-state index in [-0.39, 0.29) is 0 Å². The smallest absolute Gasteiger partial charge is 0.136 e. The first-order chi connectivity index (χ1) is 9.65. The third-order valence-corrected chi connectivity index (χ3v) is 4.05. The second kappa shape index (κ2) is 6.74. The number of piperidine rings is 1. The van der Waals surface area contributed by atoms with E-state index in [4.69, 9.17) is 10.00 Å². The van der Waals surface area contributed by atoms with Crippen LogP contribution < -0.4 is 10.2 Å². The number of benzene rings is 1. The molecule has 20 heavy (non-hydrogen) atoms. The number of nitrogens with zero attached hydrogens (tertiary/aromatic N) is 2. The van der Waals surface area contributed by atoms with E-state index in [1.165, 1.54) is 19.3 Å². The Morgan fingerprint density at radius 2 is 2.05 bits per heavy atom. The highest BCUT2D eigenvalue weighted by atomic mass is 16.5. The Kier molecular flexibility index (Phi) is 4.99. The van der Waals surface area contributed by atoms with Gasteiger partial charge in [-0.2, -0.15) is 5.26 Å². The number of hydrogen-bond donors (Lipinski definition) is 1. The molecule has 0 spiro atoms. The third-order valence-electron chi connectivity index (χ3n) is 4.05. The average Bonchev–Trinajstić information content (AvgIpc) is 2.46. The van der Waals surface area contributed by atoms with E-state index < -0.39 is 0 Å². The van der Waals surface area contributed by atoms with Gasteiger partial charge in [0, 0.05) is 18.6 Å². The van der Waals surface area contributed by atoms with Gasteiger partial charge in [-0.05, 0) is 44.4 Å². The van der Waals surface area contributed by atoms with Crippen LogP contribution >= 0.6 is 0 Å². The van der Waals surface area contributed by atoms with Gasteiger partial charge in [0.2, 0.25) is 0 Å². The summed E-state index contributed by atoms with van der Waals surface area (Å²) < 4.78 is 5.25. The van der Waals surface area contributed by atoms with Crippen molar-refractivity contribution in [2.24, 2.45) is 0 Å². The molecule has 0 aromatic heterocycles. The maximum Gasteiger partial charge on any atom is 0.136 e. The van der Waals surface area contributed by atoms with Gasteiger partial charge in [-0.15, -0.1) is 0 Å². The second-order valence-electron chi connectivity index (χ2n) is 5.52. The van der Waals surface area contributed by atoms with Crippen LogP contribution in [0, 0.1) is 11.3 Å². The number of hydrogen-bond acceptors (Lipinski definition) is 4. The highest BCUT2D eigenvalue weighted by molar-refractivity contribution is 5.45. The summed E-state index contributed by atoms with van der Waals surface area (Å²) in [6.45, 7) is 5.29. The minimum atomic E-state index is 0.569. The number of nitriles is 1. The van der Waals surface area contributed by atoms with Gasteiger partial charge in [-0.25, -0.2) is 5.01 Å². The van der Waals surface area contributed by atoms with Crippen molar-refractivity contribution in [2.75, 3.05) is 7.11 Å². The minimum absolute atomic E-state index is 0.569. The molecule has 0 bridgehead atoms. The Labute approximate surface area is 121 Å². The molecule has 1 aliphatic rings. The molecule has 2 atom stereocenters. The van der Waals surface area contributed by atoms with Gasteiger partial charge in [0.1, 0.15) is 11.8 Å². The monoisotopic (exact) mass is 273 g/mol. The Hall–Kier alpha value is -1.57. The van der Waals surface area contributed by atoms with Crippen molar-refractivity contribution in [3.8, 4) is 11.8 Å². The molecule has 0 radical (unpaired) electrons. The van der Waals surface area contributed by atoms with E-state index in [2.05, 4.69) is 30.4 Å². The zero-order chi connectivity index (χ0) is 14.5. The second-order valence-corrected chi connectivity index (χ2v) is 5.52. The molecule has 1 aromatic rings. The average molecular weight is 273 g/mol. The van der Waals surface area contributed by atoms with Gasteiger partial charge in [-0.1, -0.05) is 12.5 Å². The number of nitrogens with one attached hydrogen (secondary N) is 1. The van der Waals surface area contributed by atoms with Crippen LogP contribution in [0.25, 0.3) is 0 Å². The zero-order valence-electron chi connectivity index (χ0n) is 12.5. The third kappa shape index (κ3) is 3.30. The number of rotatable bonds is 4. The molecule has 4 nitrogen and oxygen atoms in total. The predicted molar refractivity (Wildman–Crippen MR) is 79.2 cm³/mol. The van der Waals surface area contributed by atoms with Crippen LogP contribution in [-0.4, -0.2) is 24.2 Å². The standard InChI is InChI=1S/C16H23N3O/c1-12-5-4-6-13(2)19(12)18-11-14-7-8-15(10-17)16(9-14)20-3/h7-9,12-13,18H,4-6,11H2,1-3H3. The maximum atomic E-state index is 8.99. The summed E-state index contributed by atoms with van der Waals surface area (Å²) in [5.74, 6) is 0.645. The minimum Gasteiger partial charge on any atom is -0.495 e. The first kappa shape index (κ1) is 14.8. The highest BCUT2D eigenvalue weighted by Gasteiger charge is 2.24. The van der Waals surface area contributed by atoms with Crippen molar-refractivity contribution in [1.29, 1.82) is 5.26 Å². The molecule has 0 amide bonds. The van der Waals surface area contributed by atoms with Crippen LogP contribution in [0.2, 0.25) is 0 Å². The van der Waals surface area contributed by atoms with Crippen LogP contribution in [-0.2, 0) is 6.54 Å². The summed E-state index contributed by atoms with van der Waals surface area (Å²) >= 11 is 0. The number of hydrazine groups is 1. The Bertz CT molecular complexity index is 485. The van der Waals surface area contributed by atoms with Crippen LogP contribution in [0.1, 0.15) is 44.2 Å². The molecule has 0 aliphatic carbocycles. The molecule has 108 valence electrons. The summed E-state index contributed by atoms with van der Waals surface area (Å²) in [4.78, 5) is 0. The molecular formula is C16H23N3O. The van der Waals surface area contributed by atoms with E-state index in [0.717, 1.165) is 12.1 Å². The lowest BCUT2D eigenvalue weighted by molar-refractivity contribution is 0.0435. The normalized spacial score (nSPS) is 23.3. The van der Waals surface area contributed by atoms with Crippen LogP contribution in [0.3, 0.4) is 0 Å².